The molecule has 0 spiro atoms. The van der Waals surface area contributed by atoms with Gasteiger partial charge in [-0.25, -0.2) is 0 Å². The largest absolute Gasteiger partial charge is 0.497 e. The maximum atomic E-state index is 13.9. The van der Waals surface area contributed by atoms with Gasteiger partial charge in [0.25, 0.3) is 0 Å². The SMILES string of the molecule is CCc1ccc(CN(C)C(=O)CC2(c3ccc(OC)cc3)CC(=O)N(C3CCCC3)C2=O)cc1. The van der Waals surface area contributed by atoms with Gasteiger partial charge < -0.3 is 9.64 Å². The van der Waals surface area contributed by atoms with Crippen LogP contribution in [0.5, 0.6) is 5.75 Å². The van der Waals surface area contributed by atoms with E-state index in [-0.39, 0.29) is 36.6 Å². The average molecular weight is 463 g/mol. The number of aryl methyl sites for hydroxylation is 1. The molecule has 0 radical (unpaired) electrons. The third-order valence-electron chi connectivity index (χ3n) is 7.41. The number of hydrogen-bond acceptors (Lipinski definition) is 4. The fourth-order valence-corrected chi connectivity index (χ4v) is 5.31. The van der Waals surface area contributed by atoms with Crippen LogP contribution in [0.15, 0.2) is 48.5 Å². The molecule has 6 heteroatoms. The van der Waals surface area contributed by atoms with Crippen molar-refractivity contribution in [2.75, 3.05) is 14.2 Å². The molecule has 4 rings (SSSR count). The number of benzene rings is 2. The molecule has 0 aromatic heterocycles. The minimum Gasteiger partial charge on any atom is -0.497 e. The summed E-state index contributed by atoms with van der Waals surface area (Å²) >= 11 is 0. The van der Waals surface area contributed by atoms with Crippen molar-refractivity contribution in [3.05, 3.63) is 65.2 Å². The molecule has 1 heterocycles. The van der Waals surface area contributed by atoms with Crippen LogP contribution in [0.3, 0.4) is 0 Å². The van der Waals surface area contributed by atoms with Crippen LogP contribution in [-0.4, -0.2) is 47.7 Å². The van der Waals surface area contributed by atoms with Gasteiger partial charge in [0.2, 0.25) is 17.7 Å². The Labute approximate surface area is 201 Å². The predicted octanol–water partition coefficient (Wildman–Crippen LogP) is 4.25. The molecule has 0 bridgehead atoms. The molecule has 2 aliphatic rings. The van der Waals surface area contributed by atoms with Crippen molar-refractivity contribution < 1.29 is 19.1 Å². The van der Waals surface area contributed by atoms with Gasteiger partial charge in [0, 0.05) is 32.5 Å². The highest BCUT2D eigenvalue weighted by Gasteiger charge is 2.55. The second-order valence-corrected chi connectivity index (χ2v) is 9.59. The molecule has 1 saturated carbocycles. The van der Waals surface area contributed by atoms with Crippen LogP contribution < -0.4 is 4.74 Å². The van der Waals surface area contributed by atoms with E-state index in [2.05, 4.69) is 19.1 Å². The summed E-state index contributed by atoms with van der Waals surface area (Å²) in [6.45, 7) is 2.56. The van der Waals surface area contributed by atoms with Crippen LogP contribution in [0, 0.1) is 0 Å². The lowest BCUT2D eigenvalue weighted by Gasteiger charge is -2.30. The van der Waals surface area contributed by atoms with Crippen molar-refractivity contribution in [3.63, 3.8) is 0 Å². The molecule has 2 aromatic rings. The fourth-order valence-electron chi connectivity index (χ4n) is 5.31. The molecule has 1 saturated heterocycles. The highest BCUT2D eigenvalue weighted by molar-refractivity contribution is 6.11. The lowest BCUT2D eigenvalue weighted by atomic mass is 9.75. The van der Waals surface area contributed by atoms with Crippen molar-refractivity contribution >= 4 is 17.7 Å². The van der Waals surface area contributed by atoms with E-state index in [9.17, 15) is 14.4 Å². The predicted molar refractivity (Wildman–Crippen MR) is 130 cm³/mol. The summed E-state index contributed by atoms with van der Waals surface area (Å²) in [4.78, 5) is 43.6. The fraction of sp³-hybridized carbons (Fsp3) is 0.464. The first-order valence-corrected chi connectivity index (χ1v) is 12.2. The van der Waals surface area contributed by atoms with E-state index < -0.39 is 5.41 Å². The van der Waals surface area contributed by atoms with Crippen LogP contribution in [0.2, 0.25) is 0 Å². The van der Waals surface area contributed by atoms with Crippen molar-refractivity contribution in [3.8, 4) is 5.75 Å². The standard InChI is InChI=1S/C28H34N2O4/c1-4-20-9-11-21(12-10-20)19-29(2)25(31)17-28(22-13-15-24(34-3)16-14-22)18-26(32)30(27(28)33)23-7-5-6-8-23/h9-16,23H,4-8,17-19H2,1-3H3. The normalized spacial score (nSPS) is 20.7. The van der Waals surface area contributed by atoms with Gasteiger partial charge in [0.15, 0.2) is 0 Å². The Bertz CT molecular complexity index is 1040. The minimum atomic E-state index is -1.18. The summed E-state index contributed by atoms with van der Waals surface area (Å²) in [6, 6.07) is 15.4. The Morgan fingerprint density at radius 2 is 1.65 bits per heavy atom. The summed E-state index contributed by atoms with van der Waals surface area (Å²) in [5.74, 6) is 0.119. The van der Waals surface area contributed by atoms with Gasteiger partial charge in [-0.15, -0.1) is 0 Å². The zero-order chi connectivity index (χ0) is 24.3. The summed E-state index contributed by atoms with van der Waals surface area (Å²) in [6.07, 6.45) is 4.70. The lowest BCUT2D eigenvalue weighted by Crippen LogP contribution is -2.45. The highest BCUT2D eigenvalue weighted by Crippen LogP contribution is 2.43. The smallest absolute Gasteiger partial charge is 0.241 e. The van der Waals surface area contributed by atoms with Crippen LogP contribution >= 0.6 is 0 Å². The second-order valence-electron chi connectivity index (χ2n) is 9.59. The molecular formula is C28H34N2O4. The zero-order valence-corrected chi connectivity index (χ0v) is 20.4. The number of likely N-dealkylation sites (tertiary alicyclic amines) is 1. The lowest BCUT2D eigenvalue weighted by molar-refractivity contribution is -0.144. The second kappa shape index (κ2) is 10.00. The first kappa shape index (κ1) is 24.0. The van der Waals surface area contributed by atoms with Gasteiger partial charge in [0.05, 0.1) is 12.5 Å². The van der Waals surface area contributed by atoms with Crippen molar-refractivity contribution in [2.45, 2.75) is 69.9 Å². The first-order valence-electron chi connectivity index (χ1n) is 12.2. The van der Waals surface area contributed by atoms with Gasteiger partial charge in [0.1, 0.15) is 5.75 Å². The molecule has 34 heavy (non-hydrogen) atoms. The third kappa shape index (κ3) is 4.59. The molecule has 6 nitrogen and oxygen atoms in total. The molecule has 2 aromatic carbocycles. The van der Waals surface area contributed by atoms with Crippen LogP contribution in [0.1, 0.15) is 62.1 Å². The molecule has 1 atom stereocenters. The van der Waals surface area contributed by atoms with E-state index in [4.69, 9.17) is 4.74 Å². The van der Waals surface area contributed by atoms with Crippen LogP contribution in [0.25, 0.3) is 0 Å². The van der Waals surface area contributed by atoms with E-state index in [1.54, 1.807) is 31.2 Å². The van der Waals surface area contributed by atoms with Gasteiger partial charge >= 0.3 is 0 Å². The van der Waals surface area contributed by atoms with Gasteiger partial charge in [-0.1, -0.05) is 56.2 Å². The maximum absolute atomic E-state index is 13.9. The Hall–Kier alpha value is -3.15. The van der Waals surface area contributed by atoms with Crippen molar-refractivity contribution in [2.24, 2.45) is 0 Å². The Balaban J connectivity index is 1.60. The third-order valence-corrected chi connectivity index (χ3v) is 7.41. The minimum absolute atomic E-state index is 0.0272. The first-order chi connectivity index (χ1) is 16.4. The molecule has 1 unspecified atom stereocenters. The van der Waals surface area contributed by atoms with Gasteiger partial charge in [-0.3, -0.25) is 19.3 Å². The number of imide groups is 1. The quantitative estimate of drug-likeness (QED) is 0.550. The summed E-state index contributed by atoms with van der Waals surface area (Å²) in [7, 11) is 3.34. The van der Waals surface area contributed by atoms with Crippen LogP contribution in [-0.2, 0) is 32.8 Å². The molecule has 3 amide bonds. The molecule has 1 aliphatic heterocycles. The van der Waals surface area contributed by atoms with Crippen LogP contribution in [0.4, 0.5) is 0 Å². The summed E-state index contributed by atoms with van der Waals surface area (Å²) < 4.78 is 5.28. The Kier molecular flexibility index (Phi) is 7.05. The number of rotatable bonds is 8. The summed E-state index contributed by atoms with van der Waals surface area (Å²) in [5.41, 5.74) is 1.80. The Morgan fingerprint density at radius 1 is 1.03 bits per heavy atom. The monoisotopic (exact) mass is 462 g/mol. The van der Waals surface area contributed by atoms with E-state index in [0.29, 0.717) is 17.9 Å². The topological polar surface area (TPSA) is 66.9 Å². The van der Waals surface area contributed by atoms with E-state index in [1.807, 2.05) is 24.3 Å². The van der Waals surface area contributed by atoms with Crippen molar-refractivity contribution in [1.82, 2.24) is 9.80 Å². The van der Waals surface area contributed by atoms with Crippen molar-refractivity contribution in [1.29, 1.82) is 0 Å². The van der Waals surface area contributed by atoms with Gasteiger partial charge in [-0.05, 0) is 48.1 Å². The number of ether oxygens (including phenoxy) is 1. The summed E-state index contributed by atoms with van der Waals surface area (Å²) in [5, 5.41) is 0. The highest BCUT2D eigenvalue weighted by atomic mass is 16.5. The molecule has 180 valence electrons. The molecule has 2 fully saturated rings. The number of carbonyl (C=O) groups excluding carboxylic acids is 3. The van der Waals surface area contributed by atoms with Gasteiger partial charge in [-0.2, -0.15) is 0 Å². The van der Waals surface area contributed by atoms with E-state index >= 15 is 0 Å². The van der Waals surface area contributed by atoms with E-state index in [0.717, 1.165) is 37.7 Å². The molecular weight excluding hydrogens is 428 g/mol. The molecule has 1 aliphatic carbocycles. The number of carbonyl (C=O) groups is 3. The number of hydrogen-bond donors (Lipinski definition) is 0. The Morgan fingerprint density at radius 3 is 2.24 bits per heavy atom. The maximum Gasteiger partial charge on any atom is 0.241 e. The average Bonchev–Trinajstić information content (AvgIpc) is 3.46. The number of methoxy groups -OCH3 is 1. The van der Waals surface area contributed by atoms with E-state index in [1.165, 1.54) is 10.5 Å². The number of nitrogens with zero attached hydrogens (tertiary/aromatic N) is 2. The number of amides is 3. The zero-order valence-electron chi connectivity index (χ0n) is 20.4. The molecule has 0 N–H and O–H groups in total.